The van der Waals surface area contributed by atoms with Gasteiger partial charge in [-0.05, 0) is 92.3 Å². The smallest absolute Gasteiger partial charge is 0.302 e. The number of hydrogen-bond donors (Lipinski definition) is 1. The highest BCUT2D eigenvalue weighted by Gasteiger charge is 2.64. The number of carbonyl (C=O) groups is 2. The molecule has 176 valence electrons. The van der Waals surface area contributed by atoms with Crippen LogP contribution in [0.2, 0.25) is 0 Å². The lowest BCUT2D eigenvalue weighted by Gasteiger charge is -2.62. The van der Waals surface area contributed by atoms with Gasteiger partial charge in [0.2, 0.25) is 0 Å². The van der Waals surface area contributed by atoms with Gasteiger partial charge in [0, 0.05) is 25.2 Å². The number of rotatable bonds is 5. The van der Waals surface area contributed by atoms with Crippen LogP contribution in [-0.4, -0.2) is 28.0 Å². The van der Waals surface area contributed by atoms with Crippen molar-refractivity contribution in [1.82, 2.24) is 0 Å². The summed E-state index contributed by atoms with van der Waals surface area (Å²) in [5.41, 5.74) is 0.315. The first kappa shape index (κ1) is 23.7. The fourth-order valence-corrected chi connectivity index (χ4v) is 9.26. The Morgan fingerprint density at radius 1 is 1.26 bits per heavy atom. The fraction of sp³-hybridized carbons (Fsp3) is 0.923. The highest BCUT2D eigenvalue weighted by Crippen LogP contribution is 2.68. The molecule has 1 N–H and O–H groups in total. The third-order valence-corrected chi connectivity index (χ3v) is 10.9. The molecule has 0 spiro atoms. The van der Waals surface area contributed by atoms with Gasteiger partial charge in [0.25, 0.3) is 0 Å². The number of fused-ring (bicyclic) bond motifs is 5. The van der Waals surface area contributed by atoms with Crippen molar-refractivity contribution in [3.8, 4) is 0 Å². The maximum Gasteiger partial charge on any atom is 0.302 e. The summed E-state index contributed by atoms with van der Waals surface area (Å²) in [6.07, 6.45) is 10.1. The van der Waals surface area contributed by atoms with E-state index in [1.54, 1.807) is 6.92 Å². The molecule has 0 saturated heterocycles. The molecule has 0 aromatic carbocycles. The Bertz CT molecular complexity index is 708. The first-order valence-electron chi connectivity index (χ1n) is 12.6. The van der Waals surface area contributed by atoms with E-state index in [0.717, 1.165) is 44.9 Å². The zero-order valence-corrected chi connectivity index (χ0v) is 21.3. The van der Waals surface area contributed by atoms with Crippen LogP contribution in [0, 0.1) is 46.3 Å². The maximum absolute atomic E-state index is 12.4. The molecule has 31 heavy (non-hydrogen) atoms. The molecule has 4 saturated carbocycles. The molecule has 4 nitrogen and oxygen atoms in total. The summed E-state index contributed by atoms with van der Waals surface area (Å²) in [5.74, 6) is 3.78. The Hall–Kier alpha value is -0.420. The van der Waals surface area contributed by atoms with Crippen molar-refractivity contribution in [1.29, 1.82) is 0 Å². The monoisotopic (exact) mass is 496 g/mol. The quantitative estimate of drug-likeness (QED) is 0.380. The summed E-state index contributed by atoms with van der Waals surface area (Å²) in [6, 6.07) is 0. The van der Waals surface area contributed by atoms with Crippen molar-refractivity contribution in [2.24, 2.45) is 46.3 Å². The van der Waals surface area contributed by atoms with Crippen molar-refractivity contribution in [3.05, 3.63) is 0 Å². The van der Waals surface area contributed by atoms with E-state index in [0.29, 0.717) is 41.3 Å². The average Bonchev–Trinajstić information content (AvgIpc) is 2.94. The second-order valence-electron chi connectivity index (χ2n) is 11.8. The molecule has 4 aliphatic carbocycles. The number of ether oxygens (including phenoxy) is 1. The number of aliphatic hydroxyl groups excluding tert-OH is 1. The summed E-state index contributed by atoms with van der Waals surface area (Å²) in [7, 11) is 0. The second-order valence-corrected chi connectivity index (χ2v) is 12.8. The Kier molecular flexibility index (Phi) is 6.69. The number of carbonyl (C=O) groups excluding carboxylic acids is 2. The van der Waals surface area contributed by atoms with Crippen molar-refractivity contribution in [2.75, 3.05) is 0 Å². The van der Waals surface area contributed by atoms with Crippen LogP contribution in [0.3, 0.4) is 0 Å². The molecule has 4 fully saturated rings. The highest BCUT2D eigenvalue weighted by molar-refractivity contribution is 9.09. The van der Waals surface area contributed by atoms with E-state index in [9.17, 15) is 14.7 Å². The second kappa shape index (κ2) is 8.74. The molecule has 10 atom stereocenters. The van der Waals surface area contributed by atoms with E-state index in [1.807, 2.05) is 0 Å². The van der Waals surface area contributed by atoms with Gasteiger partial charge in [0.15, 0.2) is 0 Å². The highest BCUT2D eigenvalue weighted by atomic mass is 79.9. The van der Waals surface area contributed by atoms with Crippen LogP contribution in [0.15, 0.2) is 0 Å². The summed E-state index contributed by atoms with van der Waals surface area (Å²) in [5, 5.41) is 9.27. The Morgan fingerprint density at radius 2 is 2.00 bits per heavy atom. The number of Topliss-reactive ketones (excluding diaryl/α,β-unsaturated/α-hetero) is 1. The van der Waals surface area contributed by atoms with Gasteiger partial charge in [-0.25, -0.2) is 0 Å². The van der Waals surface area contributed by atoms with Crippen LogP contribution in [0.25, 0.3) is 0 Å². The zero-order chi connectivity index (χ0) is 22.6. The van der Waals surface area contributed by atoms with Gasteiger partial charge in [-0.2, -0.15) is 0 Å². The van der Waals surface area contributed by atoms with Crippen LogP contribution in [0.4, 0.5) is 0 Å². The number of esters is 1. The molecule has 5 unspecified atom stereocenters. The van der Waals surface area contributed by atoms with E-state index in [1.165, 1.54) is 19.3 Å². The van der Waals surface area contributed by atoms with Gasteiger partial charge in [-0.15, -0.1) is 0 Å². The summed E-state index contributed by atoms with van der Waals surface area (Å²) < 4.78 is 5.95. The SMILES string of the molecule is CC(=O)OC1CC(CCCC(O)Br)[C@H]2[C@@H]3CCC4CC(=O)CC(C)[C@]4(C)[C@@H]3CC[C@]12C. The van der Waals surface area contributed by atoms with Crippen molar-refractivity contribution in [2.45, 2.75) is 103 Å². The molecule has 5 heteroatoms. The van der Waals surface area contributed by atoms with Crippen molar-refractivity contribution in [3.63, 3.8) is 0 Å². The molecule has 0 aliphatic heterocycles. The van der Waals surface area contributed by atoms with E-state index in [2.05, 4.69) is 36.7 Å². The van der Waals surface area contributed by atoms with Gasteiger partial charge in [0.05, 0.1) is 0 Å². The lowest BCUT2D eigenvalue weighted by atomic mass is 9.42. The predicted octanol–water partition coefficient (Wildman–Crippen LogP) is 5.89. The Balaban J connectivity index is 1.63. The molecule has 0 amide bonds. The van der Waals surface area contributed by atoms with Gasteiger partial charge in [-0.3, -0.25) is 9.59 Å². The summed E-state index contributed by atoms with van der Waals surface area (Å²) in [4.78, 5) is 24.3. The summed E-state index contributed by atoms with van der Waals surface area (Å²) >= 11 is 3.28. The molecular weight excluding hydrogens is 456 g/mol. The molecule has 0 heterocycles. The molecule has 0 aromatic rings. The standard InChI is InChI=1S/C26H41BrO4/c1-15-12-19(29)14-18-8-9-20-21(26(15,18)4)10-11-25(3)22(31-16(2)28)13-17(24(20)25)6-5-7-23(27)30/h15,17-18,20-24,30H,5-14H2,1-4H3/t15?,17?,18?,20-,21-,22?,23?,24+,25-,26+/m1/s1. The fourth-order valence-electron chi connectivity index (χ4n) is 8.94. The van der Waals surface area contributed by atoms with E-state index in [-0.39, 0.29) is 22.9 Å². The minimum Gasteiger partial charge on any atom is -0.462 e. The van der Waals surface area contributed by atoms with E-state index >= 15 is 0 Å². The number of aliphatic hydroxyl groups is 1. The third kappa shape index (κ3) is 4.05. The minimum atomic E-state index is -0.432. The van der Waals surface area contributed by atoms with Crippen LogP contribution >= 0.6 is 15.9 Å². The zero-order valence-electron chi connectivity index (χ0n) is 19.7. The van der Waals surface area contributed by atoms with Gasteiger partial charge in [0.1, 0.15) is 16.9 Å². The molecule has 0 radical (unpaired) electrons. The Labute approximate surface area is 196 Å². The first-order valence-corrected chi connectivity index (χ1v) is 13.5. The maximum atomic E-state index is 12.4. The molecule has 0 aromatic heterocycles. The van der Waals surface area contributed by atoms with Gasteiger partial charge < -0.3 is 9.84 Å². The van der Waals surface area contributed by atoms with Crippen LogP contribution in [0.5, 0.6) is 0 Å². The number of alkyl halides is 1. The average molecular weight is 498 g/mol. The normalized spacial score (nSPS) is 47.8. The number of halogens is 1. The largest absolute Gasteiger partial charge is 0.462 e. The predicted molar refractivity (Wildman–Crippen MR) is 124 cm³/mol. The lowest BCUT2D eigenvalue weighted by molar-refractivity contribution is -0.169. The number of ketones is 1. The molecule has 0 bridgehead atoms. The molecule has 4 rings (SSSR count). The van der Waals surface area contributed by atoms with Crippen LogP contribution in [-0.2, 0) is 14.3 Å². The lowest BCUT2D eigenvalue weighted by Crippen LogP contribution is -2.57. The van der Waals surface area contributed by atoms with Crippen LogP contribution < -0.4 is 0 Å². The number of hydrogen-bond acceptors (Lipinski definition) is 4. The third-order valence-electron chi connectivity index (χ3n) is 10.4. The summed E-state index contributed by atoms with van der Waals surface area (Å²) in [6.45, 7) is 8.77. The van der Waals surface area contributed by atoms with Gasteiger partial charge >= 0.3 is 5.97 Å². The van der Waals surface area contributed by atoms with Crippen molar-refractivity contribution < 1.29 is 19.4 Å². The molecular formula is C26H41BrO4. The van der Waals surface area contributed by atoms with Gasteiger partial charge in [-0.1, -0.05) is 36.7 Å². The minimum absolute atomic E-state index is 0.0192. The Morgan fingerprint density at radius 3 is 2.68 bits per heavy atom. The van der Waals surface area contributed by atoms with E-state index in [4.69, 9.17) is 4.74 Å². The molecule has 4 aliphatic rings. The van der Waals surface area contributed by atoms with Crippen molar-refractivity contribution >= 4 is 27.7 Å². The topological polar surface area (TPSA) is 63.6 Å². The first-order chi connectivity index (χ1) is 14.6. The van der Waals surface area contributed by atoms with E-state index < -0.39 is 5.01 Å². The van der Waals surface area contributed by atoms with Crippen LogP contribution in [0.1, 0.15) is 91.9 Å².